The van der Waals surface area contributed by atoms with Gasteiger partial charge in [-0.05, 0) is 18.6 Å². The Hall–Kier alpha value is -2.31. The molecule has 0 bridgehead atoms. The number of nitrogens with one attached hydrogen (secondary N) is 1. The average molecular weight is 252 g/mol. The van der Waals surface area contributed by atoms with Gasteiger partial charge in [-0.25, -0.2) is 9.78 Å². The van der Waals surface area contributed by atoms with Gasteiger partial charge in [0.05, 0.1) is 6.54 Å². The molecular weight excluding hydrogens is 236 g/mol. The number of carbonyl (C=O) groups is 2. The van der Waals surface area contributed by atoms with Crippen LogP contribution in [0.5, 0.6) is 0 Å². The smallest absolute Gasteiger partial charge is 0.404 e. The Bertz CT molecular complexity index is 448. The first-order valence-corrected chi connectivity index (χ1v) is 5.49. The first-order chi connectivity index (χ1) is 8.52. The van der Waals surface area contributed by atoms with Crippen molar-refractivity contribution in [1.29, 1.82) is 0 Å². The third-order valence-electron chi connectivity index (χ3n) is 2.15. The second-order valence-electron chi connectivity index (χ2n) is 3.55. The van der Waals surface area contributed by atoms with Crippen molar-refractivity contribution in [2.24, 2.45) is 5.73 Å². The molecule has 1 rings (SSSR count). The van der Waals surface area contributed by atoms with Crippen LogP contribution < -0.4 is 16.8 Å². The number of rotatable bonds is 5. The lowest BCUT2D eigenvalue weighted by Gasteiger charge is -2.07. The summed E-state index contributed by atoms with van der Waals surface area (Å²) in [5.74, 6) is -0.000226. The van der Waals surface area contributed by atoms with Crippen molar-refractivity contribution in [2.75, 3.05) is 18.9 Å². The van der Waals surface area contributed by atoms with Crippen molar-refractivity contribution in [3.8, 4) is 0 Å². The van der Waals surface area contributed by atoms with Gasteiger partial charge in [-0.2, -0.15) is 0 Å². The maximum atomic E-state index is 11.7. The molecule has 0 spiro atoms. The molecular formula is C11H16N4O3. The van der Waals surface area contributed by atoms with Crippen molar-refractivity contribution in [1.82, 2.24) is 10.3 Å². The molecule has 2 amide bonds. The Kier molecular flexibility index (Phi) is 4.91. The lowest BCUT2D eigenvalue weighted by molar-refractivity contribution is 0.0936. The summed E-state index contributed by atoms with van der Waals surface area (Å²) in [7, 11) is 0. The van der Waals surface area contributed by atoms with E-state index in [4.69, 9.17) is 11.5 Å². The summed E-state index contributed by atoms with van der Waals surface area (Å²) < 4.78 is 4.48. The van der Waals surface area contributed by atoms with Gasteiger partial charge in [0, 0.05) is 11.3 Å². The van der Waals surface area contributed by atoms with Gasteiger partial charge in [-0.15, -0.1) is 0 Å². The minimum Gasteiger partial charge on any atom is -0.448 e. The van der Waals surface area contributed by atoms with E-state index in [9.17, 15) is 9.59 Å². The number of aromatic nitrogens is 1. The van der Waals surface area contributed by atoms with Crippen LogP contribution in [0.2, 0.25) is 0 Å². The second-order valence-corrected chi connectivity index (χ2v) is 3.55. The predicted molar refractivity (Wildman–Crippen MR) is 65.9 cm³/mol. The molecule has 0 fully saturated rings. The highest BCUT2D eigenvalue weighted by Crippen LogP contribution is 2.08. The molecule has 7 heteroatoms. The zero-order valence-corrected chi connectivity index (χ0v) is 10.1. The molecule has 1 heterocycles. The molecule has 0 radical (unpaired) electrons. The van der Waals surface area contributed by atoms with Gasteiger partial charge in [-0.3, -0.25) is 4.79 Å². The highest BCUT2D eigenvalue weighted by Gasteiger charge is 2.08. The number of amides is 2. The molecule has 0 saturated carbocycles. The Balaban J connectivity index is 2.55. The van der Waals surface area contributed by atoms with Crippen LogP contribution in [-0.4, -0.2) is 30.1 Å². The maximum Gasteiger partial charge on any atom is 0.404 e. The molecule has 0 saturated heterocycles. The first kappa shape index (κ1) is 13.8. The summed E-state index contributed by atoms with van der Waals surface area (Å²) in [4.78, 5) is 26.1. The fraction of sp³-hybridized carbons (Fsp3) is 0.364. The third kappa shape index (κ3) is 4.28. The van der Waals surface area contributed by atoms with E-state index in [1.165, 1.54) is 6.07 Å². The standard InChI is InChI=1S/C11H16N4O3/c1-2-8-5-7(6-9(12)15-8)10(16)14-3-4-18-11(13)17/h5-6H,2-4H2,1H3,(H2,12,15)(H2,13,17)(H,14,16). The molecule has 0 aliphatic carbocycles. The molecule has 7 nitrogen and oxygen atoms in total. The van der Waals surface area contributed by atoms with E-state index in [0.29, 0.717) is 17.8 Å². The predicted octanol–water partition coefficient (Wildman–Crippen LogP) is 0.0513. The fourth-order valence-corrected chi connectivity index (χ4v) is 1.34. The van der Waals surface area contributed by atoms with Crippen molar-refractivity contribution in [3.63, 3.8) is 0 Å². The summed E-state index contributed by atoms with van der Waals surface area (Å²) in [5.41, 5.74) is 11.5. The maximum absolute atomic E-state index is 11.7. The molecule has 0 aromatic carbocycles. The van der Waals surface area contributed by atoms with Crippen LogP contribution >= 0.6 is 0 Å². The molecule has 1 aromatic rings. The monoisotopic (exact) mass is 252 g/mol. The topological polar surface area (TPSA) is 120 Å². The molecule has 5 N–H and O–H groups in total. The number of primary amides is 1. The Morgan fingerprint density at radius 3 is 2.78 bits per heavy atom. The van der Waals surface area contributed by atoms with E-state index in [-0.39, 0.29) is 19.1 Å². The fourth-order valence-electron chi connectivity index (χ4n) is 1.34. The number of carbonyl (C=O) groups excluding carboxylic acids is 2. The normalized spacial score (nSPS) is 9.83. The zero-order chi connectivity index (χ0) is 13.5. The van der Waals surface area contributed by atoms with Gasteiger partial charge in [0.2, 0.25) is 0 Å². The van der Waals surface area contributed by atoms with Gasteiger partial charge in [0.1, 0.15) is 12.4 Å². The number of anilines is 1. The third-order valence-corrected chi connectivity index (χ3v) is 2.15. The summed E-state index contributed by atoms with van der Waals surface area (Å²) in [6.07, 6.45) is -0.179. The average Bonchev–Trinajstić information content (AvgIpc) is 2.33. The number of hydrogen-bond donors (Lipinski definition) is 3. The van der Waals surface area contributed by atoms with E-state index in [0.717, 1.165) is 5.69 Å². The van der Waals surface area contributed by atoms with E-state index < -0.39 is 6.09 Å². The van der Waals surface area contributed by atoms with Gasteiger partial charge < -0.3 is 21.5 Å². The lowest BCUT2D eigenvalue weighted by Crippen LogP contribution is -2.29. The number of hydrogen-bond acceptors (Lipinski definition) is 5. The molecule has 0 aliphatic rings. The quantitative estimate of drug-likeness (QED) is 0.639. The minimum atomic E-state index is -0.870. The van der Waals surface area contributed by atoms with Crippen LogP contribution in [0.25, 0.3) is 0 Å². The number of aryl methyl sites for hydroxylation is 1. The molecule has 98 valence electrons. The van der Waals surface area contributed by atoms with Crippen LogP contribution in [0, 0.1) is 0 Å². The summed E-state index contributed by atoms with van der Waals surface area (Å²) >= 11 is 0. The van der Waals surface area contributed by atoms with Gasteiger partial charge >= 0.3 is 6.09 Å². The van der Waals surface area contributed by atoms with Crippen molar-refractivity contribution in [3.05, 3.63) is 23.4 Å². The van der Waals surface area contributed by atoms with Crippen molar-refractivity contribution in [2.45, 2.75) is 13.3 Å². The van der Waals surface area contributed by atoms with Gasteiger partial charge in [-0.1, -0.05) is 6.92 Å². The van der Waals surface area contributed by atoms with Crippen molar-refractivity contribution < 1.29 is 14.3 Å². The van der Waals surface area contributed by atoms with E-state index in [1.807, 2.05) is 6.92 Å². The van der Waals surface area contributed by atoms with Crippen molar-refractivity contribution >= 4 is 17.8 Å². The summed E-state index contributed by atoms with van der Waals surface area (Å²) in [6, 6.07) is 3.16. The SMILES string of the molecule is CCc1cc(C(=O)NCCOC(N)=O)cc(N)n1. The van der Waals surface area contributed by atoms with Gasteiger partial charge in [0.25, 0.3) is 5.91 Å². The highest BCUT2D eigenvalue weighted by atomic mass is 16.5. The Morgan fingerprint density at radius 2 is 2.17 bits per heavy atom. The largest absolute Gasteiger partial charge is 0.448 e. The van der Waals surface area contributed by atoms with Crippen LogP contribution in [0.4, 0.5) is 10.6 Å². The van der Waals surface area contributed by atoms with Crippen LogP contribution in [0.15, 0.2) is 12.1 Å². The van der Waals surface area contributed by atoms with Gasteiger partial charge in [0.15, 0.2) is 0 Å². The molecule has 1 aromatic heterocycles. The Labute approximate surface area is 105 Å². The number of pyridine rings is 1. The van der Waals surface area contributed by atoms with Crippen LogP contribution in [0.1, 0.15) is 23.0 Å². The van der Waals surface area contributed by atoms with E-state index >= 15 is 0 Å². The summed E-state index contributed by atoms with van der Waals surface area (Å²) in [6.45, 7) is 2.14. The number of nitrogens with two attached hydrogens (primary N) is 2. The first-order valence-electron chi connectivity index (χ1n) is 5.49. The lowest BCUT2D eigenvalue weighted by atomic mass is 10.2. The van der Waals surface area contributed by atoms with Crippen LogP contribution in [0.3, 0.4) is 0 Å². The molecule has 0 aliphatic heterocycles. The van der Waals surface area contributed by atoms with E-state index in [1.54, 1.807) is 6.07 Å². The van der Waals surface area contributed by atoms with Crippen LogP contribution in [-0.2, 0) is 11.2 Å². The molecule has 18 heavy (non-hydrogen) atoms. The summed E-state index contributed by atoms with van der Waals surface area (Å²) in [5, 5.41) is 2.58. The second kappa shape index (κ2) is 6.43. The highest BCUT2D eigenvalue weighted by molar-refractivity contribution is 5.94. The Morgan fingerprint density at radius 1 is 1.44 bits per heavy atom. The van der Waals surface area contributed by atoms with E-state index in [2.05, 4.69) is 15.0 Å². The number of ether oxygens (including phenoxy) is 1. The molecule has 0 unspecified atom stereocenters. The number of nitrogen functional groups attached to an aromatic ring is 1. The number of nitrogens with zero attached hydrogens (tertiary/aromatic N) is 1. The zero-order valence-electron chi connectivity index (χ0n) is 10.1. The minimum absolute atomic E-state index is 0.0300. The molecule has 0 atom stereocenters.